The minimum absolute atomic E-state index is 0.396. The van der Waals surface area contributed by atoms with Gasteiger partial charge in [-0.1, -0.05) is 0 Å². The van der Waals surface area contributed by atoms with Crippen LogP contribution in [0.2, 0.25) is 8.94 Å². The summed E-state index contributed by atoms with van der Waals surface area (Å²) in [6.07, 6.45) is 0. The standard InChI is InChI=1S/C4H6Te2/c1-4-5-2-3-6-4/h1-3H2. The molecule has 0 nitrogen and oxygen atoms in total. The first-order chi connectivity index (χ1) is 2.89. The van der Waals surface area contributed by atoms with Crippen LogP contribution in [0.4, 0.5) is 0 Å². The van der Waals surface area contributed by atoms with E-state index >= 15 is 0 Å². The molecule has 2 heteroatoms. The molecule has 34 valence electrons. The van der Waals surface area contributed by atoms with Gasteiger partial charge in [0.2, 0.25) is 0 Å². The van der Waals surface area contributed by atoms with Crippen molar-refractivity contribution >= 4 is 41.8 Å². The van der Waals surface area contributed by atoms with Crippen LogP contribution >= 0.6 is 0 Å². The number of hydrogen-bond acceptors (Lipinski definition) is 0. The Morgan fingerprint density at radius 3 is 2.00 bits per heavy atom. The Kier molecular flexibility index (Phi) is 2.35. The van der Waals surface area contributed by atoms with Crippen LogP contribution in [0.15, 0.2) is 8.25 Å². The molecular formula is C4H6Te2. The molecule has 0 bridgehead atoms. The summed E-state index contributed by atoms with van der Waals surface area (Å²) in [6.45, 7) is 3.97. The molecule has 0 unspecified atom stereocenters. The minimum atomic E-state index is 0.396. The summed E-state index contributed by atoms with van der Waals surface area (Å²) in [5.74, 6) is 0. The second kappa shape index (κ2) is 2.58. The molecular weight excluding hydrogens is 303 g/mol. The molecule has 1 heterocycles. The topological polar surface area (TPSA) is 0 Å². The van der Waals surface area contributed by atoms with Crippen LogP contribution in [0.5, 0.6) is 0 Å². The maximum atomic E-state index is 3.97. The molecule has 6 heavy (non-hydrogen) atoms. The summed E-state index contributed by atoms with van der Waals surface area (Å²) in [5, 5.41) is 0. The van der Waals surface area contributed by atoms with Crippen LogP contribution in [0.25, 0.3) is 0 Å². The van der Waals surface area contributed by atoms with Crippen LogP contribution < -0.4 is 0 Å². The SMILES string of the molecule is C=C1[Te]CC[Te]1. The fourth-order valence-corrected chi connectivity index (χ4v) is 10.3. The summed E-state index contributed by atoms with van der Waals surface area (Å²) in [7, 11) is 0. The molecule has 0 amide bonds. The molecule has 1 saturated heterocycles. The normalized spacial score (nSPS) is 22.3. The van der Waals surface area contributed by atoms with Crippen molar-refractivity contribution in [1.82, 2.24) is 0 Å². The monoisotopic (exact) mass is 314 g/mol. The molecule has 1 aliphatic heterocycles. The molecule has 0 spiro atoms. The molecule has 0 aromatic heterocycles. The van der Waals surface area contributed by atoms with E-state index in [1.165, 1.54) is 0 Å². The van der Waals surface area contributed by atoms with Crippen LogP contribution in [-0.4, -0.2) is 41.8 Å². The van der Waals surface area contributed by atoms with Crippen LogP contribution in [0.1, 0.15) is 0 Å². The van der Waals surface area contributed by atoms with E-state index < -0.39 is 0 Å². The summed E-state index contributed by atoms with van der Waals surface area (Å²) in [6, 6.07) is 0. The summed E-state index contributed by atoms with van der Waals surface area (Å²) in [5.41, 5.74) is 0. The van der Waals surface area contributed by atoms with Gasteiger partial charge in [-0.05, 0) is 0 Å². The molecule has 0 aromatic carbocycles. The van der Waals surface area contributed by atoms with Crippen molar-refractivity contribution in [2.24, 2.45) is 0 Å². The third-order valence-electron chi connectivity index (χ3n) is 0.609. The van der Waals surface area contributed by atoms with Crippen LogP contribution in [0, 0.1) is 0 Å². The number of rotatable bonds is 0. The van der Waals surface area contributed by atoms with Crippen LogP contribution in [-0.2, 0) is 0 Å². The zero-order chi connectivity index (χ0) is 4.41. The van der Waals surface area contributed by atoms with Gasteiger partial charge in [0.15, 0.2) is 0 Å². The summed E-state index contributed by atoms with van der Waals surface area (Å²) < 4.78 is 4.86. The van der Waals surface area contributed by atoms with Crippen molar-refractivity contribution in [2.75, 3.05) is 0 Å². The molecule has 0 atom stereocenters. The van der Waals surface area contributed by atoms with Crippen LogP contribution in [0.3, 0.4) is 0 Å². The predicted octanol–water partition coefficient (Wildman–Crippen LogP) is 0.716. The van der Waals surface area contributed by atoms with Crippen molar-refractivity contribution < 1.29 is 0 Å². The first-order valence-corrected chi connectivity index (χ1v) is 7.47. The van der Waals surface area contributed by atoms with Gasteiger partial charge < -0.3 is 0 Å². The first kappa shape index (κ1) is 5.46. The van der Waals surface area contributed by atoms with E-state index in [9.17, 15) is 0 Å². The fourth-order valence-electron chi connectivity index (χ4n) is 0.353. The molecule has 0 N–H and O–H groups in total. The van der Waals surface area contributed by atoms with Crippen molar-refractivity contribution in [1.29, 1.82) is 0 Å². The van der Waals surface area contributed by atoms with Crippen molar-refractivity contribution in [3.05, 3.63) is 8.25 Å². The van der Waals surface area contributed by atoms with E-state index in [1.807, 2.05) is 0 Å². The van der Waals surface area contributed by atoms with E-state index in [-0.39, 0.29) is 0 Å². The van der Waals surface area contributed by atoms with Gasteiger partial charge in [0.25, 0.3) is 0 Å². The van der Waals surface area contributed by atoms with Gasteiger partial charge in [0, 0.05) is 0 Å². The van der Waals surface area contributed by atoms with E-state index in [0.717, 1.165) is 0 Å². The van der Waals surface area contributed by atoms with Gasteiger partial charge in [0.1, 0.15) is 0 Å². The Bertz CT molecular complexity index is 59.9. The van der Waals surface area contributed by atoms with Crippen molar-refractivity contribution in [3.8, 4) is 0 Å². The maximum absolute atomic E-state index is 3.97. The summed E-state index contributed by atoms with van der Waals surface area (Å²) in [4.78, 5) is 0. The molecule has 1 fully saturated rings. The van der Waals surface area contributed by atoms with E-state index in [2.05, 4.69) is 6.58 Å². The second-order valence-electron chi connectivity index (χ2n) is 1.07. The Hall–Kier alpha value is 1.32. The second-order valence-corrected chi connectivity index (χ2v) is 10.4. The first-order valence-electron chi connectivity index (χ1n) is 1.84. The average Bonchev–Trinajstić information content (AvgIpc) is 1.86. The Labute approximate surface area is 58.5 Å². The van der Waals surface area contributed by atoms with Gasteiger partial charge in [-0.2, -0.15) is 0 Å². The number of hydrogen-bond donors (Lipinski definition) is 0. The van der Waals surface area contributed by atoms with Gasteiger partial charge >= 0.3 is 59.0 Å². The Morgan fingerprint density at radius 2 is 1.83 bits per heavy atom. The molecule has 0 aromatic rings. The molecule has 0 saturated carbocycles. The van der Waals surface area contributed by atoms with Crippen molar-refractivity contribution in [3.63, 3.8) is 0 Å². The van der Waals surface area contributed by atoms with E-state index in [0.29, 0.717) is 41.8 Å². The third kappa shape index (κ3) is 1.43. The van der Waals surface area contributed by atoms with Gasteiger partial charge in [-0.15, -0.1) is 0 Å². The zero-order valence-electron chi connectivity index (χ0n) is 3.44. The molecule has 0 radical (unpaired) electrons. The van der Waals surface area contributed by atoms with E-state index in [4.69, 9.17) is 0 Å². The predicted molar refractivity (Wildman–Crippen MR) is 30.3 cm³/mol. The Morgan fingerprint density at radius 1 is 1.33 bits per heavy atom. The zero-order valence-corrected chi connectivity index (χ0v) is 8.10. The molecule has 1 rings (SSSR count). The quantitative estimate of drug-likeness (QED) is 0.579. The molecule has 1 aliphatic rings. The van der Waals surface area contributed by atoms with E-state index in [1.54, 1.807) is 10.6 Å². The fraction of sp³-hybridized carbons (Fsp3) is 0.500. The van der Waals surface area contributed by atoms with Gasteiger partial charge in [-0.3, -0.25) is 0 Å². The Balaban J connectivity index is 2.37. The van der Waals surface area contributed by atoms with Gasteiger partial charge in [-0.25, -0.2) is 0 Å². The summed E-state index contributed by atoms with van der Waals surface area (Å²) >= 11 is 0.792. The van der Waals surface area contributed by atoms with Gasteiger partial charge in [0.05, 0.1) is 0 Å². The average molecular weight is 309 g/mol. The molecule has 0 aliphatic carbocycles. The third-order valence-corrected chi connectivity index (χ3v) is 11.8. The van der Waals surface area contributed by atoms with Crippen molar-refractivity contribution in [2.45, 2.75) is 8.94 Å².